The number of unbranched alkanes of at least 4 members (excludes halogenated alkanes) is 5. The molecule has 154 valence electrons. The number of hydrogen-bond donors (Lipinski definition) is 1. The third-order valence-electron chi connectivity index (χ3n) is 4.81. The van der Waals surface area contributed by atoms with E-state index in [1.165, 1.54) is 32.1 Å². The summed E-state index contributed by atoms with van der Waals surface area (Å²) in [5, 5.41) is 8.83. The number of carboxylic acids is 1. The first-order chi connectivity index (χ1) is 12.7. The lowest BCUT2D eigenvalue weighted by atomic mass is 10.1. The molecule has 2 rings (SSSR count). The highest BCUT2D eigenvalue weighted by atomic mass is 35.5. The first-order valence-corrected chi connectivity index (χ1v) is 9.97. The summed E-state index contributed by atoms with van der Waals surface area (Å²) in [6, 6.07) is 8.13. The minimum atomic E-state index is -0.750. The number of halogens is 1. The van der Waals surface area contributed by atoms with Crippen LogP contribution in [-0.4, -0.2) is 48.8 Å². The van der Waals surface area contributed by atoms with Gasteiger partial charge in [-0.05, 0) is 24.1 Å². The first kappa shape index (κ1) is 23.7. The topological polar surface area (TPSA) is 59.0 Å². The molecule has 0 aliphatic carbocycles. The molecule has 1 aliphatic heterocycles. The van der Waals surface area contributed by atoms with Gasteiger partial charge in [0.1, 0.15) is 5.75 Å². The first-order valence-electron chi connectivity index (χ1n) is 9.97. The van der Waals surface area contributed by atoms with Gasteiger partial charge in [-0.15, -0.1) is 12.4 Å². The van der Waals surface area contributed by atoms with Gasteiger partial charge >= 0.3 is 5.97 Å². The standard InChI is InChI=1S/C21H33NO4.ClH/c1-2-3-4-5-6-7-15-25-19-10-8-18(9-11-19)20-17-22(14-16-26-20)13-12-21(23)24;/h8-11,20H,2-7,12-17H2,1H3,(H,23,24);1H. The van der Waals surface area contributed by atoms with E-state index in [-0.39, 0.29) is 24.9 Å². The summed E-state index contributed by atoms with van der Waals surface area (Å²) in [4.78, 5) is 12.9. The van der Waals surface area contributed by atoms with Crippen LogP contribution in [0.1, 0.15) is 63.5 Å². The Hall–Kier alpha value is -1.30. The third kappa shape index (κ3) is 9.45. The average molecular weight is 400 g/mol. The summed E-state index contributed by atoms with van der Waals surface area (Å²) < 4.78 is 11.7. The van der Waals surface area contributed by atoms with Crippen LogP contribution in [0, 0.1) is 0 Å². The van der Waals surface area contributed by atoms with E-state index in [0.29, 0.717) is 13.2 Å². The second-order valence-electron chi connectivity index (χ2n) is 6.99. The molecule has 0 saturated carbocycles. The van der Waals surface area contributed by atoms with E-state index in [9.17, 15) is 4.79 Å². The van der Waals surface area contributed by atoms with Crippen molar-refractivity contribution >= 4 is 18.4 Å². The Bertz CT molecular complexity index is 523. The van der Waals surface area contributed by atoms with Gasteiger partial charge in [-0.2, -0.15) is 0 Å². The van der Waals surface area contributed by atoms with Crippen molar-refractivity contribution in [1.29, 1.82) is 0 Å². The lowest BCUT2D eigenvalue weighted by Crippen LogP contribution is -2.39. The maximum Gasteiger partial charge on any atom is 0.304 e. The molecule has 1 aliphatic rings. The van der Waals surface area contributed by atoms with Crippen molar-refractivity contribution in [2.75, 3.05) is 32.8 Å². The van der Waals surface area contributed by atoms with Gasteiger partial charge in [0.05, 0.1) is 25.7 Å². The molecule has 1 fully saturated rings. The van der Waals surface area contributed by atoms with E-state index in [2.05, 4.69) is 24.0 Å². The number of ether oxygens (including phenoxy) is 2. The number of carboxylic acid groups (broad SMARTS) is 1. The zero-order chi connectivity index (χ0) is 18.6. The van der Waals surface area contributed by atoms with E-state index in [0.717, 1.165) is 37.4 Å². The fraction of sp³-hybridized carbons (Fsp3) is 0.667. The number of rotatable bonds is 12. The lowest BCUT2D eigenvalue weighted by Gasteiger charge is -2.32. The summed E-state index contributed by atoms with van der Waals surface area (Å²) in [7, 11) is 0. The van der Waals surface area contributed by atoms with Crippen molar-refractivity contribution < 1.29 is 19.4 Å². The van der Waals surface area contributed by atoms with Crippen LogP contribution in [0.4, 0.5) is 0 Å². The van der Waals surface area contributed by atoms with Crippen molar-refractivity contribution in [2.45, 2.75) is 58.0 Å². The molecule has 1 N–H and O–H groups in total. The van der Waals surface area contributed by atoms with Gasteiger partial charge in [0, 0.05) is 19.6 Å². The van der Waals surface area contributed by atoms with E-state index in [1.54, 1.807) is 0 Å². The predicted octanol–water partition coefficient (Wildman–Crippen LogP) is 4.70. The SMILES string of the molecule is CCCCCCCCOc1ccc(C2CN(CCC(=O)O)CCO2)cc1.Cl. The highest BCUT2D eigenvalue weighted by Gasteiger charge is 2.22. The largest absolute Gasteiger partial charge is 0.494 e. The van der Waals surface area contributed by atoms with E-state index < -0.39 is 5.97 Å². The predicted molar refractivity (Wildman–Crippen MR) is 110 cm³/mol. The molecule has 1 unspecified atom stereocenters. The number of nitrogens with zero attached hydrogens (tertiary/aromatic N) is 1. The van der Waals surface area contributed by atoms with Gasteiger partial charge in [-0.1, -0.05) is 51.2 Å². The highest BCUT2D eigenvalue weighted by molar-refractivity contribution is 5.85. The zero-order valence-corrected chi connectivity index (χ0v) is 17.2. The normalized spacial score (nSPS) is 17.3. The molecule has 1 aromatic rings. The number of morpholine rings is 1. The molecule has 0 bridgehead atoms. The Morgan fingerprint density at radius 2 is 1.89 bits per heavy atom. The molecule has 27 heavy (non-hydrogen) atoms. The Morgan fingerprint density at radius 3 is 2.59 bits per heavy atom. The Morgan fingerprint density at radius 1 is 1.19 bits per heavy atom. The molecule has 0 aromatic heterocycles. The monoisotopic (exact) mass is 399 g/mol. The Labute approximate surface area is 169 Å². The van der Waals surface area contributed by atoms with Crippen molar-refractivity contribution in [3.05, 3.63) is 29.8 Å². The molecule has 6 heteroatoms. The second-order valence-corrected chi connectivity index (χ2v) is 6.99. The van der Waals surface area contributed by atoms with Crippen LogP contribution in [0.3, 0.4) is 0 Å². The summed E-state index contributed by atoms with van der Waals surface area (Å²) in [5.41, 5.74) is 1.12. The van der Waals surface area contributed by atoms with Crippen LogP contribution >= 0.6 is 12.4 Å². The minimum absolute atomic E-state index is 0. The molecular weight excluding hydrogens is 366 g/mol. The van der Waals surface area contributed by atoms with Crippen molar-refractivity contribution in [1.82, 2.24) is 4.90 Å². The maximum atomic E-state index is 10.7. The summed E-state index contributed by atoms with van der Waals surface area (Å²) in [6.45, 7) is 5.76. The summed E-state index contributed by atoms with van der Waals surface area (Å²) in [6.07, 6.45) is 7.77. The summed E-state index contributed by atoms with van der Waals surface area (Å²) >= 11 is 0. The number of hydrogen-bond acceptors (Lipinski definition) is 4. The Balaban J connectivity index is 0.00000364. The van der Waals surface area contributed by atoms with E-state index >= 15 is 0 Å². The number of aliphatic carboxylic acids is 1. The lowest BCUT2D eigenvalue weighted by molar-refractivity contribution is -0.137. The fourth-order valence-corrected chi connectivity index (χ4v) is 3.21. The van der Waals surface area contributed by atoms with Gasteiger partial charge in [-0.25, -0.2) is 0 Å². The average Bonchev–Trinajstić information content (AvgIpc) is 2.66. The van der Waals surface area contributed by atoms with Crippen molar-refractivity contribution in [2.24, 2.45) is 0 Å². The Kier molecular flexibility index (Phi) is 12.1. The van der Waals surface area contributed by atoms with Gasteiger partial charge in [0.25, 0.3) is 0 Å². The smallest absolute Gasteiger partial charge is 0.304 e. The van der Waals surface area contributed by atoms with Crippen molar-refractivity contribution in [3.63, 3.8) is 0 Å². The van der Waals surface area contributed by atoms with Crippen LogP contribution in [0.2, 0.25) is 0 Å². The molecule has 1 atom stereocenters. The second kappa shape index (κ2) is 13.8. The van der Waals surface area contributed by atoms with Crippen LogP contribution in [0.25, 0.3) is 0 Å². The molecule has 1 heterocycles. The molecule has 5 nitrogen and oxygen atoms in total. The maximum absolute atomic E-state index is 10.7. The van der Waals surface area contributed by atoms with Crippen molar-refractivity contribution in [3.8, 4) is 5.75 Å². The quantitative estimate of drug-likeness (QED) is 0.516. The fourth-order valence-electron chi connectivity index (χ4n) is 3.21. The van der Waals surface area contributed by atoms with Gasteiger partial charge in [-0.3, -0.25) is 9.69 Å². The molecule has 0 radical (unpaired) electrons. The van der Waals surface area contributed by atoms with E-state index in [4.69, 9.17) is 14.6 Å². The van der Waals surface area contributed by atoms with Crippen LogP contribution < -0.4 is 4.74 Å². The molecular formula is C21H34ClNO4. The molecule has 1 aromatic carbocycles. The van der Waals surface area contributed by atoms with Gasteiger partial charge in [0.15, 0.2) is 0 Å². The van der Waals surface area contributed by atoms with Crippen LogP contribution in [0.15, 0.2) is 24.3 Å². The molecule has 0 amide bonds. The molecule has 0 spiro atoms. The number of benzene rings is 1. The third-order valence-corrected chi connectivity index (χ3v) is 4.81. The molecule has 1 saturated heterocycles. The van der Waals surface area contributed by atoms with Crippen LogP contribution in [-0.2, 0) is 9.53 Å². The van der Waals surface area contributed by atoms with E-state index in [1.807, 2.05) is 12.1 Å². The number of carbonyl (C=O) groups is 1. The van der Waals surface area contributed by atoms with Gasteiger partial charge < -0.3 is 14.6 Å². The van der Waals surface area contributed by atoms with Gasteiger partial charge in [0.2, 0.25) is 0 Å². The highest BCUT2D eigenvalue weighted by Crippen LogP contribution is 2.24. The zero-order valence-electron chi connectivity index (χ0n) is 16.4. The summed E-state index contributed by atoms with van der Waals surface area (Å²) in [5.74, 6) is 0.153. The van der Waals surface area contributed by atoms with Crippen LogP contribution in [0.5, 0.6) is 5.75 Å². The minimum Gasteiger partial charge on any atom is -0.494 e.